The Morgan fingerprint density at radius 3 is 2.42 bits per heavy atom. The molecular weight excluding hydrogens is 304 g/mol. The summed E-state index contributed by atoms with van der Waals surface area (Å²) in [6, 6.07) is 0.198. The van der Waals surface area contributed by atoms with Crippen molar-refractivity contribution in [3.63, 3.8) is 0 Å². The Hall–Kier alpha value is -1.14. The summed E-state index contributed by atoms with van der Waals surface area (Å²) in [6.45, 7) is 9.22. The fourth-order valence-corrected chi connectivity index (χ4v) is 3.92. The molecule has 0 aromatic rings. The first-order valence-electron chi connectivity index (χ1n) is 9.58. The lowest BCUT2D eigenvalue weighted by molar-refractivity contribution is -0.132. The van der Waals surface area contributed by atoms with Gasteiger partial charge >= 0.3 is 0 Å². The molecule has 1 saturated carbocycles. The second kappa shape index (κ2) is 9.37. The molecule has 2 rings (SSSR count). The van der Waals surface area contributed by atoms with Crippen molar-refractivity contribution in [3.8, 4) is 0 Å². The lowest BCUT2D eigenvalue weighted by atomic mass is 9.99. The van der Waals surface area contributed by atoms with Gasteiger partial charge < -0.3 is 15.5 Å². The van der Waals surface area contributed by atoms with E-state index in [1.54, 1.807) is 0 Å². The van der Waals surface area contributed by atoms with E-state index in [4.69, 9.17) is 5.73 Å². The van der Waals surface area contributed by atoms with Gasteiger partial charge in [-0.25, -0.2) is 0 Å². The molecule has 0 spiro atoms. The highest BCUT2D eigenvalue weighted by Gasteiger charge is 2.29. The average molecular weight is 338 g/mol. The van der Waals surface area contributed by atoms with Gasteiger partial charge in [-0.1, -0.05) is 6.42 Å². The number of rotatable bonds is 6. The van der Waals surface area contributed by atoms with Gasteiger partial charge in [-0.2, -0.15) is 0 Å². The largest absolute Gasteiger partial charge is 0.342 e. The number of nitrogens with zero attached hydrogens (tertiary/aromatic N) is 3. The molecule has 0 aromatic carbocycles. The molecule has 6 heteroatoms. The molecule has 2 atom stereocenters. The van der Waals surface area contributed by atoms with Crippen molar-refractivity contribution in [1.29, 1.82) is 0 Å². The lowest BCUT2D eigenvalue weighted by Gasteiger charge is -2.25. The predicted octanol–water partition coefficient (Wildman–Crippen LogP) is 0.907. The van der Waals surface area contributed by atoms with Crippen LogP contribution in [-0.4, -0.2) is 78.4 Å². The number of carbonyl (C=O) groups is 2. The Labute approximate surface area is 146 Å². The first-order chi connectivity index (χ1) is 11.5. The van der Waals surface area contributed by atoms with E-state index >= 15 is 0 Å². The molecule has 1 saturated heterocycles. The Bertz CT molecular complexity index is 425. The number of nitrogens with two attached hydrogens (primary N) is 1. The number of hydrogen-bond donors (Lipinski definition) is 1. The van der Waals surface area contributed by atoms with Crippen LogP contribution in [0.5, 0.6) is 0 Å². The van der Waals surface area contributed by atoms with Crippen LogP contribution >= 0.6 is 0 Å². The summed E-state index contributed by atoms with van der Waals surface area (Å²) in [5, 5.41) is 0. The fraction of sp³-hybridized carbons (Fsp3) is 0.889. The molecule has 0 bridgehead atoms. The maximum absolute atomic E-state index is 12.6. The van der Waals surface area contributed by atoms with Gasteiger partial charge in [-0.05, 0) is 39.0 Å². The van der Waals surface area contributed by atoms with Gasteiger partial charge in [-0.3, -0.25) is 14.5 Å². The van der Waals surface area contributed by atoms with E-state index in [1.807, 2.05) is 23.6 Å². The van der Waals surface area contributed by atoms with Gasteiger partial charge in [-0.15, -0.1) is 0 Å². The summed E-state index contributed by atoms with van der Waals surface area (Å²) >= 11 is 0. The van der Waals surface area contributed by atoms with E-state index in [2.05, 4.69) is 4.90 Å². The number of likely N-dealkylation sites (N-methyl/N-ethyl adjacent to an activating group) is 1. The normalized spacial score (nSPS) is 25.5. The summed E-state index contributed by atoms with van der Waals surface area (Å²) < 4.78 is 0. The van der Waals surface area contributed by atoms with Crippen molar-refractivity contribution in [3.05, 3.63) is 0 Å². The van der Waals surface area contributed by atoms with E-state index in [9.17, 15) is 9.59 Å². The second-order valence-electron chi connectivity index (χ2n) is 7.14. The van der Waals surface area contributed by atoms with Crippen molar-refractivity contribution in [2.24, 2.45) is 11.7 Å². The van der Waals surface area contributed by atoms with E-state index in [0.717, 1.165) is 65.0 Å². The highest BCUT2D eigenvalue weighted by atomic mass is 16.2. The van der Waals surface area contributed by atoms with Crippen LogP contribution in [0, 0.1) is 5.92 Å². The number of amides is 2. The van der Waals surface area contributed by atoms with Gasteiger partial charge in [0, 0.05) is 51.7 Å². The highest BCUT2D eigenvalue weighted by Crippen LogP contribution is 2.27. The molecule has 0 radical (unpaired) electrons. The van der Waals surface area contributed by atoms with E-state index < -0.39 is 0 Å². The third kappa shape index (κ3) is 5.18. The minimum absolute atomic E-state index is 0.191. The van der Waals surface area contributed by atoms with Gasteiger partial charge in [0.1, 0.15) is 0 Å². The maximum Gasteiger partial charge on any atom is 0.236 e. The zero-order chi connectivity index (χ0) is 17.5. The van der Waals surface area contributed by atoms with Crippen LogP contribution in [-0.2, 0) is 9.59 Å². The maximum atomic E-state index is 12.6. The Kier molecular flexibility index (Phi) is 7.49. The molecular formula is C18H34N4O2. The van der Waals surface area contributed by atoms with Crippen molar-refractivity contribution in [2.75, 3.05) is 45.8 Å². The summed E-state index contributed by atoms with van der Waals surface area (Å²) in [4.78, 5) is 30.9. The molecule has 1 aliphatic heterocycles. The minimum Gasteiger partial charge on any atom is -0.342 e. The van der Waals surface area contributed by atoms with E-state index in [0.29, 0.717) is 18.9 Å². The lowest BCUT2D eigenvalue weighted by Crippen LogP contribution is -2.42. The third-order valence-electron chi connectivity index (χ3n) is 5.57. The number of hydrogen-bond acceptors (Lipinski definition) is 4. The number of carbonyl (C=O) groups excluding carboxylic acids is 2. The second-order valence-corrected chi connectivity index (χ2v) is 7.14. The van der Waals surface area contributed by atoms with Crippen LogP contribution in [0.1, 0.15) is 46.0 Å². The molecule has 0 unspecified atom stereocenters. The van der Waals surface area contributed by atoms with Crippen molar-refractivity contribution in [2.45, 2.75) is 52.0 Å². The van der Waals surface area contributed by atoms with E-state index in [1.165, 1.54) is 0 Å². The summed E-state index contributed by atoms with van der Waals surface area (Å²) in [7, 11) is 0. The molecule has 0 aromatic heterocycles. The van der Waals surface area contributed by atoms with Crippen LogP contribution in [0.25, 0.3) is 0 Å². The zero-order valence-corrected chi connectivity index (χ0v) is 15.4. The monoisotopic (exact) mass is 338 g/mol. The van der Waals surface area contributed by atoms with Gasteiger partial charge in [0.05, 0.1) is 6.54 Å². The zero-order valence-electron chi connectivity index (χ0n) is 15.4. The Morgan fingerprint density at radius 1 is 1.04 bits per heavy atom. The first-order valence-corrected chi connectivity index (χ1v) is 9.58. The van der Waals surface area contributed by atoms with Crippen LogP contribution in [0.2, 0.25) is 0 Å². The SMILES string of the molecule is CCN(CC)C(=O)CN1CCCN(C(=O)C[C@@H]2CCC[C@H]2N)CC1. The van der Waals surface area contributed by atoms with Crippen LogP contribution in [0.4, 0.5) is 0 Å². The van der Waals surface area contributed by atoms with Gasteiger partial charge in [0.15, 0.2) is 0 Å². The molecule has 138 valence electrons. The smallest absolute Gasteiger partial charge is 0.236 e. The van der Waals surface area contributed by atoms with Crippen LogP contribution in [0.3, 0.4) is 0 Å². The predicted molar refractivity (Wildman–Crippen MR) is 95.5 cm³/mol. The standard InChI is InChI=1S/C18H34N4O2/c1-3-21(4-2)18(24)14-20-9-6-10-22(12-11-20)17(23)13-15-7-5-8-16(15)19/h15-16H,3-14,19H2,1-2H3/t15-,16+/m0/s1. The Balaban J connectivity index is 1.79. The third-order valence-corrected chi connectivity index (χ3v) is 5.57. The van der Waals surface area contributed by atoms with Crippen molar-refractivity contribution >= 4 is 11.8 Å². The van der Waals surface area contributed by atoms with Crippen LogP contribution < -0.4 is 5.73 Å². The van der Waals surface area contributed by atoms with Gasteiger partial charge in [0.2, 0.25) is 11.8 Å². The van der Waals surface area contributed by atoms with Crippen molar-refractivity contribution < 1.29 is 9.59 Å². The molecule has 2 fully saturated rings. The van der Waals surface area contributed by atoms with Crippen molar-refractivity contribution in [1.82, 2.24) is 14.7 Å². The highest BCUT2D eigenvalue weighted by molar-refractivity contribution is 5.78. The topological polar surface area (TPSA) is 69.9 Å². The van der Waals surface area contributed by atoms with Gasteiger partial charge in [0.25, 0.3) is 0 Å². The van der Waals surface area contributed by atoms with Crippen LogP contribution in [0.15, 0.2) is 0 Å². The minimum atomic E-state index is 0.191. The summed E-state index contributed by atoms with van der Waals surface area (Å²) in [5.74, 6) is 0.798. The first kappa shape index (κ1) is 19.2. The quantitative estimate of drug-likeness (QED) is 0.781. The summed E-state index contributed by atoms with van der Waals surface area (Å²) in [5.41, 5.74) is 6.10. The molecule has 1 heterocycles. The van der Waals surface area contributed by atoms with E-state index in [-0.39, 0.29) is 17.9 Å². The summed E-state index contributed by atoms with van der Waals surface area (Å²) in [6.07, 6.45) is 4.83. The molecule has 6 nitrogen and oxygen atoms in total. The Morgan fingerprint density at radius 2 is 1.79 bits per heavy atom. The fourth-order valence-electron chi connectivity index (χ4n) is 3.92. The molecule has 1 aliphatic carbocycles. The average Bonchev–Trinajstić information content (AvgIpc) is 2.82. The molecule has 2 amide bonds. The molecule has 2 aliphatic rings. The molecule has 24 heavy (non-hydrogen) atoms. The molecule has 2 N–H and O–H groups in total.